The van der Waals surface area contributed by atoms with Crippen LogP contribution in [0.3, 0.4) is 0 Å². The van der Waals surface area contributed by atoms with Crippen molar-refractivity contribution in [2.75, 3.05) is 11.7 Å². The smallest absolute Gasteiger partial charge is 0.408 e. The maximum atomic E-state index is 14.5. The van der Waals surface area contributed by atoms with Gasteiger partial charge in [0.05, 0.1) is 6.04 Å². The van der Waals surface area contributed by atoms with Crippen LogP contribution < -0.4 is 10.4 Å². The number of aromatic hydroxyl groups is 1. The number of halogens is 4. The van der Waals surface area contributed by atoms with Gasteiger partial charge in [-0.2, -0.15) is 13.2 Å². The van der Waals surface area contributed by atoms with Crippen LogP contribution in [0.4, 0.5) is 17.6 Å². The molecule has 182 valence electrons. The van der Waals surface area contributed by atoms with Crippen molar-refractivity contribution >= 4 is 17.7 Å². The van der Waals surface area contributed by atoms with Crippen molar-refractivity contribution in [3.05, 3.63) is 93.2 Å². The third kappa shape index (κ3) is 3.83. The first-order valence-corrected chi connectivity index (χ1v) is 11.7. The van der Waals surface area contributed by atoms with E-state index in [9.17, 15) is 32.3 Å². The van der Waals surface area contributed by atoms with Crippen LogP contribution in [0.5, 0.6) is 5.75 Å². The van der Waals surface area contributed by atoms with E-state index in [1.54, 1.807) is 18.2 Å². The number of aromatic nitrogens is 1. The molecule has 0 aliphatic carbocycles. The van der Waals surface area contributed by atoms with Gasteiger partial charge in [-0.15, -0.1) is 11.8 Å². The minimum absolute atomic E-state index is 0.501. The summed E-state index contributed by atoms with van der Waals surface area (Å²) >= 11 is 1.51. The van der Waals surface area contributed by atoms with Crippen LogP contribution >= 0.6 is 11.8 Å². The summed E-state index contributed by atoms with van der Waals surface area (Å²) in [4.78, 5) is 26.7. The number of benzene rings is 2. The number of pyridine rings is 1. The number of hydrogen-bond acceptors (Lipinski definition) is 5. The van der Waals surface area contributed by atoms with Crippen molar-refractivity contribution in [3.8, 4) is 5.75 Å². The zero-order valence-corrected chi connectivity index (χ0v) is 19.1. The van der Waals surface area contributed by atoms with Crippen LogP contribution in [0.15, 0.2) is 64.4 Å². The Hall–Kier alpha value is -3.47. The van der Waals surface area contributed by atoms with Crippen LogP contribution in [0.2, 0.25) is 0 Å². The Bertz CT molecular complexity index is 1390. The highest BCUT2D eigenvalue weighted by Crippen LogP contribution is 2.43. The molecule has 1 aromatic heterocycles. The van der Waals surface area contributed by atoms with Gasteiger partial charge >= 0.3 is 6.18 Å². The van der Waals surface area contributed by atoms with E-state index in [1.807, 2.05) is 12.1 Å². The number of thioether (sulfide) groups is 1. The van der Waals surface area contributed by atoms with Gasteiger partial charge in [-0.05, 0) is 41.8 Å². The number of rotatable bonds is 2. The van der Waals surface area contributed by atoms with E-state index in [-0.39, 0.29) is 0 Å². The van der Waals surface area contributed by atoms with Crippen LogP contribution in [-0.2, 0) is 5.75 Å². The summed E-state index contributed by atoms with van der Waals surface area (Å²) in [6.07, 6.45) is -3.51. The van der Waals surface area contributed by atoms with E-state index in [0.717, 1.165) is 23.4 Å². The zero-order chi connectivity index (χ0) is 25.1. The molecule has 0 saturated heterocycles. The van der Waals surface area contributed by atoms with Gasteiger partial charge < -0.3 is 10.0 Å². The van der Waals surface area contributed by atoms with Crippen molar-refractivity contribution in [3.63, 3.8) is 0 Å². The molecule has 0 radical (unpaired) electrons. The summed E-state index contributed by atoms with van der Waals surface area (Å²) in [6.45, 7) is 0.322. The van der Waals surface area contributed by atoms with Crippen LogP contribution in [0.25, 0.3) is 0 Å². The Morgan fingerprint density at radius 2 is 1.83 bits per heavy atom. The molecule has 5 rings (SSSR count). The monoisotopic (exact) mass is 505 g/mol. The summed E-state index contributed by atoms with van der Waals surface area (Å²) in [6, 6.07) is 9.55. The Morgan fingerprint density at radius 3 is 2.57 bits per heavy atom. The predicted molar refractivity (Wildman–Crippen MR) is 121 cm³/mol. The number of hydrogen-bond donors (Lipinski definition) is 1. The molecule has 3 aromatic rings. The van der Waals surface area contributed by atoms with Gasteiger partial charge in [0.15, 0.2) is 11.4 Å². The molecule has 2 aromatic carbocycles. The molecule has 0 bridgehead atoms. The SMILES string of the molecule is C[C@@H](N1CN([C@H]2c3cc(F)ccc3CSc3ccccc32)n2ccc(=O)c(O)c2C1=O)C(F)(F)F. The van der Waals surface area contributed by atoms with Gasteiger partial charge in [-0.1, -0.05) is 24.3 Å². The van der Waals surface area contributed by atoms with Gasteiger partial charge in [-0.3, -0.25) is 19.3 Å². The molecule has 2 atom stereocenters. The van der Waals surface area contributed by atoms with E-state index in [2.05, 4.69) is 0 Å². The molecule has 0 spiro atoms. The number of carbonyl (C=O) groups is 1. The van der Waals surface area contributed by atoms with E-state index in [1.165, 1.54) is 39.8 Å². The fourth-order valence-electron chi connectivity index (χ4n) is 4.47. The molecule has 2 aliphatic rings. The molecule has 1 amide bonds. The van der Waals surface area contributed by atoms with Crippen LogP contribution in [-0.4, -0.2) is 39.5 Å². The molecule has 0 unspecified atom stereocenters. The normalized spacial score (nSPS) is 18.4. The molecule has 2 aliphatic heterocycles. The number of carbonyl (C=O) groups excluding carboxylic acids is 1. The largest absolute Gasteiger partial charge is 0.502 e. The fraction of sp³-hybridized carbons (Fsp3) is 0.250. The minimum Gasteiger partial charge on any atom is -0.502 e. The summed E-state index contributed by atoms with van der Waals surface area (Å²) in [5, 5.41) is 11.9. The molecular formula is C24H19F4N3O3S. The van der Waals surface area contributed by atoms with E-state index >= 15 is 0 Å². The summed E-state index contributed by atoms with van der Waals surface area (Å²) < 4.78 is 56.8. The molecule has 35 heavy (non-hydrogen) atoms. The Kier molecular flexibility index (Phi) is 5.54. The van der Waals surface area contributed by atoms with Crippen molar-refractivity contribution in [2.24, 2.45) is 0 Å². The summed E-state index contributed by atoms with van der Waals surface area (Å²) in [5.41, 5.74) is 0.513. The predicted octanol–water partition coefficient (Wildman–Crippen LogP) is 4.39. The molecule has 6 nitrogen and oxygen atoms in total. The summed E-state index contributed by atoms with van der Waals surface area (Å²) in [7, 11) is 0. The lowest BCUT2D eigenvalue weighted by Gasteiger charge is -2.46. The van der Waals surface area contributed by atoms with Gasteiger partial charge in [-0.25, -0.2) is 4.39 Å². The quantitative estimate of drug-likeness (QED) is 0.524. The average Bonchev–Trinajstić information content (AvgIpc) is 2.97. The molecule has 0 fully saturated rings. The molecule has 3 heterocycles. The number of nitrogens with zero attached hydrogens (tertiary/aromatic N) is 3. The second-order valence-electron chi connectivity index (χ2n) is 8.37. The number of fused-ring (bicyclic) bond motifs is 3. The van der Waals surface area contributed by atoms with E-state index < -0.39 is 53.5 Å². The van der Waals surface area contributed by atoms with Crippen molar-refractivity contribution in [1.29, 1.82) is 0 Å². The molecular weight excluding hydrogens is 486 g/mol. The van der Waals surface area contributed by atoms with Gasteiger partial charge in [0.25, 0.3) is 5.91 Å². The molecule has 1 N–H and O–H groups in total. The maximum absolute atomic E-state index is 14.5. The fourth-order valence-corrected chi connectivity index (χ4v) is 5.56. The van der Waals surface area contributed by atoms with Gasteiger partial charge in [0.1, 0.15) is 18.5 Å². The van der Waals surface area contributed by atoms with Crippen LogP contribution in [0, 0.1) is 5.82 Å². The first-order valence-electron chi connectivity index (χ1n) is 10.7. The first-order chi connectivity index (χ1) is 16.6. The second-order valence-corrected chi connectivity index (χ2v) is 9.38. The van der Waals surface area contributed by atoms with E-state index in [0.29, 0.717) is 21.8 Å². The third-order valence-electron chi connectivity index (χ3n) is 6.33. The van der Waals surface area contributed by atoms with Crippen molar-refractivity contribution in [2.45, 2.75) is 35.8 Å². The minimum atomic E-state index is -4.75. The van der Waals surface area contributed by atoms with Crippen LogP contribution in [0.1, 0.15) is 40.1 Å². The maximum Gasteiger partial charge on any atom is 0.408 e. The topological polar surface area (TPSA) is 65.8 Å². The second kappa shape index (κ2) is 8.33. The summed E-state index contributed by atoms with van der Waals surface area (Å²) in [5.74, 6) is -2.09. The average molecular weight is 505 g/mol. The highest BCUT2D eigenvalue weighted by Gasteiger charge is 2.47. The number of alkyl halides is 3. The number of amides is 1. The lowest BCUT2D eigenvalue weighted by atomic mass is 9.94. The van der Waals surface area contributed by atoms with Crippen molar-refractivity contribution in [1.82, 2.24) is 9.58 Å². The van der Waals surface area contributed by atoms with Crippen molar-refractivity contribution < 1.29 is 27.5 Å². The molecule has 11 heteroatoms. The van der Waals surface area contributed by atoms with Gasteiger partial charge in [0.2, 0.25) is 5.43 Å². The third-order valence-corrected chi connectivity index (χ3v) is 7.47. The van der Waals surface area contributed by atoms with Gasteiger partial charge in [0, 0.05) is 22.9 Å². The highest BCUT2D eigenvalue weighted by molar-refractivity contribution is 7.98. The first kappa shape index (κ1) is 23.3. The Labute approximate surface area is 201 Å². The highest BCUT2D eigenvalue weighted by atomic mass is 32.2. The zero-order valence-electron chi connectivity index (χ0n) is 18.3. The lowest BCUT2D eigenvalue weighted by molar-refractivity contribution is -0.173. The molecule has 0 saturated carbocycles. The van der Waals surface area contributed by atoms with E-state index in [4.69, 9.17) is 0 Å². The Morgan fingerprint density at radius 1 is 1.09 bits per heavy atom. The standard InChI is InChI=1S/C24H19F4N3O3S/c1-13(24(26,27)28)29-12-31(30-9-8-18(32)22(33)21(30)23(29)34)20-16-4-2-3-5-19(16)35-11-14-6-7-15(25)10-17(14)20/h2-10,13,20,33H,11-12H2,1H3/t13-,20-/m1/s1. The lowest BCUT2D eigenvalue weighted by Crippen LogP contribution is -2.60. The Balaban J connectivity index is 1.79.